The summed E-state index contributed by atoms with van der Waals surface area (Å²) in [7, 11) is 0. The largest absolute Gasteiger partial charge is 0.481 e. The van der Waals surface area contributed by atoms with Crippen molar-refractivity contribution >= 4 is 28.3 Å². The second-order valence-electron chi connectivity index (χ2n) is 6.12. The van der Waals surface area contributed by atoms with E-state index in [1.165, 1.54) is 11.3 Å². The Hall–Kier alpha value is -2.51. The van der Waals surface area contributed by atoms with Crippen molar-refractivity contribution < 1.29 is 19.4 Å². The number of amides is 1. The van der Waals surface area contributed by atoms with Crippen molar-refractivity contribution in [1.29, 1.82) is 0 Å². The minimum absolute atomic E-state index is 0.363. The monoisotopic (exact) mass is 356 g/mol. The zero-order valence-electron chi connectivity index (χ0n) is 13.4. The lowest BCUT2D eigenvalue weighted by molar-refractivity contribution is -0.145. The van der Waals surface area contributed by atoms with Crippen LogP contribution in [0.1, 0.15) is 4.88 Å². The Morgan fingerprint density at radius 1 is 1.16 bits per heavy atom. The van der Waals surface area contributed by atoms with Crippen LogP contribution in [0.25, 0.3) is 11.3 Å². The van der Waals surface area contributed by atoms with Crippen LogP contribution in [0.5, 0.6) is 0 Å². The van der Waals surface area contributed by atoms with Crippen molar-refractivity contribution in [3.8, 4) is 11.3 Å². The molecule has 2 aliphatic heterocycles. The standard InChI is InChI=1S/C18H16N2O4S/c1-9-15(10-5-3-2-4-6-10)19-18(25-9)20-16(21)13-11-7-8-12(24-11)14(13)17(22)23/h2-8,11-14H,1H3,(H,22,23)(H,19,20,21)/t11-,12-,13+,14-/m0/s1. The van der Waals surface area contributed by atoms with Crippen molar-refractivity contribution in [2.45, 2.75) is 19.1 Å². The maximum absolute atomic E-state index is 12.7. The minimum atomic E-state index is -1.02. The number of benzene rings is 1. The highest BCUT2D eigenvalue weighted by Crippen LogP contribution is 2.40. The number of carbonyl (C=O) groups excluding carboxylic acids is 1. The maximum Gasteiger partial charge on any atom is 0.310 e. The number of hydrogen-bond donors (Lipinski definition) is 2. The fourth-order valence-electron chi connectivity index (χ4n) is 3.42. The number of carboxylic acids is 1. The summed E-state index contributed by atoms with van der Waals surface area (Å²) >= 11 is 1.38. The molecule has 128 valence electrons. The molecule has 4 atom stereocenters. The molecular weight excluding hydrogens is 340 g/mol. The molecule has 4 rings (SSSR count). The summed E-state index contributed by atoms with van der Waals surface area (Å²) < 4.78 is 5.55. The van der Waals surface area contributed by atoms with Gasteiger partial charge in [0.05, 0.1) is 23.8 Å². The van der Waals surface area contributed by atoms with Crippen LogP contribution in [0.3, 0.4) is 0 Å². The first-order valence-corrected chi connectivity index (χ1v) is 8.76. The molecule has 6 nitrogen and oxygen atoms in total. The Balaban J connectivity index is 1.56. The van der Waals surface area contributed by atoms with E-state index in [-0.39, 0.29) is 5.91 Å². The number of fused-ring (bicyclic) bond motifs is 2. The SMILES string of the molecule is Cc1sc(NC(=O)[C@H]2[C@@H](C(=O)O)[C@@H]3C=C[C@@H]2O3)nc1-c1ccccc1. The number of nitrogens with zero attached hydrogens (tertiary/aromatic N) is 1. The molecule has 25 heavy (non-hydrogen) atoms. The molecule has 2 aromatic rings. The summed E-state index contributed by atoms with van der Waals surface area (Å²) in [6.07, 6.45) is 2.46. The predicted octanol–water partition coefficient (Wildman–Crippen LogP) is 2.71. The highest BCUT2D eigenvalue weighted by Gasteiger charge is 2.53. The molecule has 0 aliphatic carbocycles. The van der Waals surface area contributed by atoms with E-state index in [1.54, 1.807) is 12.2 Å². The highest BCUT2D eigenvalue weighted by molar-refractivity contribution is 7.16. The van der Waals surface area contributed by atoms with E-state index in [4.69, 9.17) is 4.74 Å². The van der Waals surface area contributed by atoms with Crippen LogP contribution < -0.4 is 5.32 Å². The van der Waals surface area contributed by atoms with Crippen LogP contribution in [0, 0.1) is 18.8 Å². The van der Waals surface area contributed by atoms with Crippen LogP contribution in [-0.4, -0.2) is 34.2 Å². The topological polar surface area (TPSA) is 88.5 Å². The van der Waals surface area contributed by atoms with Gasteiger partial charge in [0.2, 0.25) is 5.91 Å². The highest BCUT2D eigenvalue weighted by atomic mass is 32.1. The molecule has 0 saturated carbocycles. The van der Waals surface area contributed by atoms with E-state index < -0.39 is 30.0 Å². The van der Waals surface area contributed by atoms with E-state index in [2.05, 4.69) is 10.3 Å². The lowest BCUT2D eigenvalue weighted by Crippen LogP contribution is -2.39. The van der Waals surface area contributed by atoms with Crippen molar-refractivity contribution in [3.63, 3.8) is 0 Å². The molecule has 1 saturated heterocycles. The number of aromatic nitrogens is 1. The fraction of sp³-hybridized carbons (Fsp3) is 0.278. The van der Waals surface area contributed by atoms with Crippen LogP contribution in [-0.2, 0) is 14.3 Å². The average Bonchev–Trinajstić information content (AvgIpc) is 3.29. The smallest absolute Gasteiger partial charge is 0.310 e. The van der Waals surface area contributed by atoms with Crippen molar-refractivity contribution in [1.82, 2.24) is 4.98 Å². The van der Waals surface area contributed by atoms with Gasteiger partial charge in [0, 0.05) is 10.4 Å². The van der Waals surface area contributed by atoms with Crippen LogP contribution >= 0.6 is 11.3 Å². The summed E-state index contributed by atoms with van der Waals surface area (Å²) in [5, 5.41) is 12.7. The Morgan fingerprint density at radius 3 is 2.52 bits per heavy atom. The summed E-state index contributed by atoms with van der Waals surface area (Å²) in [5.41, 5.74) is 1.80. The van der Waals surface area contributed by atoms with Crippen molar-refractivity contribution in [3.05, 3.63) is 47.4 Å². The second-order valence-corrected chi connectivity index (χ2v) is 7.32. The molecule has 1 aromatic heterocycles. The number of aryl methyl sites for hydroxylation is 1. The van der Waals surface area contributed by atoms with E-state index >= 15 is 0 Å². The first-order chi connectivity index (χ1) is 12.0. The minimum Gasteiger partial charge on any atom is -0.481 e. The third kappa shape index (κ3) is 2.75. The van der Waals surface area contributed by atoms with Gasteiger partial charge in [-0.25, -0.2) is 4.98 Å². The molecule has 0 spiro atoms. The molecule has 1 fully saturated rings. The number of rotatable bonds is 4. The number of carbonyl (C=O) groups is 2. The van der Waals surface area contributed by atoms with Crippen LogP contribution in [0.15, 0.2) is 42.5 Å². The average molecular weight is 356 g/mol. The van der Waals surface area contributed by atoms with Gasteiger partial charge in [0.25, 0.3) is 0 Å². The summed E-state index contributed by atoms with van der Waals surface area (Å²) in [6.45, 7) is 1.94. The predicted molar refractivity (Wildman–Crippen MR) is 93.3 cm³/mol. The van der Waals surface area contributed by atoms with Crippen LogP contribution in [0.2, 0.25) is 0 Å². The Kier molecular flexibility index (Phi) is 3.89. The summed E-state index contributed by atoms with van der Waals surface area (Å²) in [6, 6.07) is 9.72. The molecule has 0 unspecified atom stereocenters. The van der Waals surface area contributed by atoms with Gasteiger partial charge < -0.3 is 15.2 Å². The van der Waals surface area contributed by atoms with Crippen LogP contribution in [0.4, 0.5) is 5.13 Å². The van der Waals surface area contributed by atoms with E-state index in [9.17, 15) is 14.7 Å². The Bertz CT molecular complexity index is 861. The number of nitrogens with one attached hydrogen (secondary N) is 1. The fourth-order valence-corrected chi connectivity index (χ4v) is 4.26. The van der Waals surface area contributed by atoms with Crippen molar-refractivity contribution in [2.75, 3.05) is 5.32 Å². The number of hydrogen-bond acceptors (Lipinski definition) is 5. The quantitative estimate of drug-likeness (QED) is 0.823. The zero-order chi connectivity index (χ0) is 17.6. The third-order valence-electron chi connectivity index (χ3n) is 4.56. The van der Waals surface area contributed by atoms with Gasteiger partial charge >= 0.3 is 5.97 Å². The zero-order valence-corrected chi connectivity index (χ0v) is 14.2. The van der Waals surface area contributed by atoms with Gasteiger partial charge in [0.15, 0.2) is 5.13 Å². The molecule has 1 aromatic carbocycles. The molecular formula is C18H16N2O4S. The van der Waals surface area contributed by atoms with Gasteiger partial charge in [0.1, 0.15) is 5.92 Å². The summed E-state index contributed by atoms with van der Waals surface area (Å²) in [5.74, 6) is -2.98. The molecule has 2 aliphatic rings. The number of ether oxygens (including phenoxy) is 1. The normalized spacial score (nSPS) is 26.8. The third-order valence-corrected chi connectivity index (χ3v) is 5.45. The number of carboxylic acid groups (broad SMARTS) is 1. The van der Waals surface area contributed by atoms with Gasteiger partial charge in [-0.3, -0.25) is 9.59 Å². The van der Waals surface area contributed by atoms with Gasteiger partial charge in [-0.2, -0.15) is 0 Å². The summed E-state index contributed by atoms with van der Waals surface area (Å²) in [4.78, 5) is 29.6. The number of thiazole rings is 1. The second kappa shape index (κ2) is 6.09. The molecule has 3 heterocycles. The number of aliphatic carboxylic acids is 1. The lowest BCUT2D eigenvalue weighted by atomic mass is 9.82. The first kappa shape index (κ1) is 16.0. The Morgan fingerprint density at radius 2 is 1.84 bits per heavy atom. The first-order valence-electron chi connectivity index (χ1n) is 7.95. The Labute approximate surface area is 148 Å². The van der Waals surface area contributed by atoms with Gasteiger partial charge in [-0.05, 0) is 6.92 Å². The molecule has 0 radical (unpaired) electrons. The van der Waals surface area contributed by atoms with Crippen molar-refractivity contribution in [2.24, 2.45) is 11.8 Å². The maximum atomic E-state index is 12.7. The van der Waals surface area contributed by atoms with E-state index in [0.717, 1.165) is 16.1 Å². The van der Waals surface area contributed by atoms with E-state index in [1.807, 2.05) is 37.3 Å². The lowest BCUT2D eigenvalue weighted by Gasteiger charge is -2.20. The molecule has 1 amide bonds. The number of anilines is 1. The van der Waals surface area contributed by atoms with E-state index in [0.29, 0.717) is 5.13 Å². The molecule has 7 heteroatoms. The van der Waals surface area contributed by atoms with Gasteiger partial charge in [-0.15, -0.1) is 11.3 Å². The van der Waals surface area contributed by atoms with Gasteiger partial charge in [-0.1, -0.05) is 42.5 Å². The molecule has 2 N–H and O–H groups in total. The molecule has 2 bridgehead atoms.